The lowest BCUT2D eigenvalue weighted by Gasteiger charge is -2.08. The van der Waals surface area contributed by atoms with Crippen molar-refractivity contribution in [3.8, 4) is 5.75 Å². The van der Waals surface area contributed by atoms with Crippen LogP contribution >= 0.6 is 0 Å². The molecule has 2 nitrogen and oxygen atoms in total. The lowest BCUT2D eigenvalue weighted by Crippen LogP contribution is -2.17. The van der Waals surface area contributed by atoms with E-state index >= 15 is 0 Å². The maximum atomic E-state index is 9.72. The smallest absolute Gasteiger partial charge is 0.119 e. The summed E-state index contributed by atoms with van der Waals surface area (Å²) in [6, 6.07) is 5.88. The first-order valence-corrected chi connectivity index (χ1v) is 5.68. The van der Waals surface area contributed by atoms with Gasteiger partial charge in [0, 0.05) is 6.04 Å². The molecular weight excluding hydrogens is 198 g/mol. The molecule has 0 aliphatic rings. The second kappa shape index (κ2) is 5.71. The fourth-order valence-electron chi connectivity index (χ4n) is 1.62. The number of hydrogen-bond acceptors (Lipinski definition) is 2. The van der Waals surface area contributed by atoms with Crippen LogP contribution in [0.1, 0.15) is 31.9 Å². The van der Waals surface area contributed by atoms with E-state index in [9.17, 15) is 5.11 Å². The van der Waals surface area contributed by atoms with Gasteiger partial charge in [0.2, 0.25) is 0 Å². The van der Waals surface area contributed by atoms with Gasteiger partial charge in [0.1, 0.15) is 5.75 Å². The third-order valence-electron chi connectivity index (χ3n) is 2.43. The van der Waals surface area contributed by atoms with E-state index in [4.69, 9.17) is 5.73 Å². The van der Waals surface area contributed by atoms with Crippen LogP contribution in [0, 0.1) is 0 Å². The van der Waals surface area contributed by atoms with Crippen LogP contribution in [-0.2, 0) is 12.8 Å². The molecule has 0 bridgehead atoms. The van der Waals surface area contributed by atoms with Crippen molar-refractivity contribution in [2.75, 3.05) is 0 Å². The van der Waals surface area contributed by atoms with Crippen molar-refractivity contribution < 1.29 is 5.11 Å². The summed E-state index contributed by atoms with van der Waals surface area (Å²) in [5.74, 6) is 0.367. The van der Waals surface area contributed by atoms with Gasteiger partial charge in [-0.25, -0.2) is 0 Å². The third kappa shape index (κ3) is 4.07. The van der Waals surface area contributed by atoms with Gasteiger partial charge >= 0.3 is 0 Å². The highest BCUT2D eigenvalue weighted by atomic mass is 16.3. The Hall–Kier alpha value is -1.28. The monoisotopic (exact) mass is 219 g/mol. The van der Waals surface area contributed by atoms with Gasteiger partial charge in [0.05, 0.1) is 0 Å². The van der Waals surface area contributed by atoms with Crippen LogP contribution < -0.4 is 5.73 Å². The molecule has 0 saturated heterocycles. The molecule has 0 saturated carbocycles. The summed E-state index contributed by atoms with van der Waals surface area (Å²) in [5.41, 5.74) is 9.18. The van der Waals surface area contributed by atoms with Crippen molar-refractivity contribution in [1.29, 1.82) is 0 Å². The average molecular weight is 219 g/mol. The number of nitrogens with two attached hydrogens (primary N) is 1. The zero-order valence-electron chi connectivity index (χ0n) is 10.3. The molecule has 88 valence electrons. The first kappa shape index (κ1) is 12.8. The predicted molar refractivity (Wildman–Crippen MR) is 68.6 cm³/mol. The lowest BCUT2D eigenvalue weighted by molar-refractivity contribution is 0.469. The molecule has 0 aliphatic heterocycles. The number of phenolic OH excluding ortho intramolecular Hbond substituents is 1. The average Bonchev–Trinajstić information content (AvgIpc) is 2.18. The highest BCUT2D eigenvalue weighted by Gasteiger charge is 2.03. The van der Waals surface area contributed by atoms with Crippen molar-refractivity contribution in [2.24, 2.45) is 5.73 Å². The zero-order chi connectivity index (χ0) is 12.1. The molecule has 3 N–H and O–H groups in total. The lowest BCUT2D eigenvalue weighted by atomic mass is 10.0. The Bertz CT molecular complexity index is 376. The van der Waals surface area contributed by atoms with Crippen LogP contribution in [0.2, 0.25) is 0 Å². The SMILES string of the molecule is CC(C)=CCc1cc(C[C@@H](C)N)ccc1O. The number of phenols is 1. The fourth-order valence-corrected chi connectivity index (χ4v) is 1.62. The molecule has 0 spiro atoms. The number of rotatable bonds is 4. The summed E-state index contributed by atoms with van der Waals surface area (Å²) < 4.78 is 0. The van der Waals surface area contributed by atoms with Crippen LogP contribution in [0.25, 0.3) is 0 Å². The number of hydrogen-bond donors (Lipinski definition) is 2. The van der Waals surface area contributed by atoms with Gasteiger partial charge in [-0.05, 0) is 50.8 Å². The van der Waals surface area contributed by atoms with E-state index in [-0.39, 0.29) is 6.04 Å². The fraction of sp³-hybridized carbons (Fsp3) is 0.429. The van der Waals surface area contributed by atoms with Gasteiger partial charge in [-0.3, -0.25) is 0 Å². The summed E-state index contributed by atoms with van der Waals surface area (Å²) in [4.78, 5) is 0. The van der Waals surface area contributed by atoms with Gasteiger partial charge in [0.25, 0.3) is 0 Å². The maximum Gasteiger partial charge on any atom is 0.119 e. The summed E-state index contributed by atoms with van der Waals surface area (Å²) in [6.07, 6.45) is 3.74. The molecule has 16 heavy (non-hydrogen) atoms. The molecule has 1 aromatic rings. The molecule has 0 aliphatic carbocycles. The molecule has 0 aromatic heterocycles. The van der Waals surface area contributed by atoms with Crippen molar-refractivity contribution in [3.05, 3.63) is 41.0 Å². The minimum atomic E-state index is 0.154. The molecule has 0 amide bonds. The standard InChI is InChI=1S/C14H21NO/c1-10(2)4-6-13-9-12(8-11(3)15)5-7-14(13)16/h4-5,7,9,11,16H,6,8,15H2,1-3H3/t11-/m1/s1. The Morgan fingerprint density at radius 3 is 2.69 bits per heavy atom. The molecule has 0 radical (unpaired) electrons. The largest absolute Gasteiger partial charge is 0.508 e. The molecule has 2 heteroatoms. The number of allylic oxidation sites excluding steroid dienone is 2. The van der Waals surface area contributed by atoms with E-state index in [0.29, 0.717) is 5.75 Å². The van der Waals surface area contributed by atoms with Crippen LogP contribution in [0.5, 0.6) is 5.75 Å². The maximum absolute atomic E-state index is 9.72. The van der Waals surface area contributed by atoms with E-state index in [1.165, 1.54) is 11.1 Å². The molecule has 1 atom stereocenters. The van der Waals surface area contributed by atoms with Gasteiger partial charge in [-0.1, -0.05) is 23.8 Å². The second-order valence-corrected chi connectivity index (χ2v) is 4.63. The van der Waals surface area contributed by atoms with Gasteiger partial charge in [-0.2, -0.15) is 0 Å². The molecule has 0 unspecified atom stereocenters. The Balaban J connectivity index is 2.86. The van der Waals surface area contributed by atoms with Crippen LogP contribution in [0.4, 0.5) is 0 Å². The highest BCUT2D eigenvalue weighted by molar-refractivity contribution is 5.38. The summed E-state index contributed by atoms with van der Waals surface area (Å²) in [7, 11) is 0. The van der Waals surface area contributed by atoms with Crippen molar-refractivity contribution in [2.45, 2.75) is 39.7 Å². The minimum Gasteiger partial charge on any atom is -0.508 e. The molecule has 0 heterocycles. The van der Waals surface area contributed by atoms with E-state index in [1.807, 2.05) is 19.1 Å². The quantitative estimate of drug-likeness (QED) is 0.765. The van der Waals surface area contributed by atoms with Crippen LogP contribution in [-0.4, -0.2) is 11.1 Å². The van der Waals surface area contributed by atoms with Crippen molar-refractivity contribution in [1.82, 2.24) is 0 Å². The Kier molecular flexibility index (Phi) is 4.56. The van der Waals surface area contributed by atoms with E-state index in [1.54, 1.807) is 6.07 Å². The predicted octanol–water partition coefficient (Wildman–Crippen LogP) is 2.79. The van der Waals surface area contributed by atoms with Crippen molar-refractivity contribution >= 4 is 0 Å². The molecule has 1 aromatic carbocycles. The minimum absolute atomic E-state index is 0.154. The van der Waals surface area contributed by atoms with E-state index in [2.05, 4.69) is 19.9 Å². The van der Waals surface area contributed by atoms with Gasteiger partial charge in [0.15, 0.2) is 0 Å². The highest BCUT2D eigenvalue weighted by Crippen LogP contribution is 2.20. The zero-order valence-corrected chi connectivity index (χ0v) is 10.3. The second-order valence-electron chi connectivity index (χ2n) is 4.63. The van der Waals surface area contributed by atoms with Gasteiger partial charge < -0.3 is 10.8 Å². The molecule has 1 rings (SSSR count). The van der Waals surface area contributed by atoms with E-state index in [0.717, 1.165) is 18.4 Å². The third-order valence-corrected chi connectivity index (χ3v) is 2.43. The summed E-state index contributed by atoms with van der Waals surface area (Å²) in [5, 5.41) is 9.72. The summed E-state index contributed by atoms with van der Waals surface area (Å²) in [6.45, 7) is 6.11. The van der Waals surface area contributed by atoms with Crippen molar-refractivity contribution in [3.63, 3.8) is 0 Å². The first-order valence-electron chi connectivity index (χ1n) is 5.68. The van der Waals surface area contributed by atoms with Crippen LogP contribution in [0.15, 0.2) is 29.8 Å². The molecular formula is C14H21NO. The number of benzene rings is 1. The molecule has 0 fully saturated rings. The Morgan fingerprint density at radius 1 is 1.44 bits per heavy atom. The summed E-state index contributed by atoms with van der Waals surface area (Å²) >= 11 is 0. The number of aromatic hydroxyl groups is 1. The van der Waals surface area contributed by atoms with E-state index < -0.39 is 0 Å². The topological polar surface area (TPSA) is 46.2 Å². The normalized spacial score (nSPS) is 12.2. The van der Waals surface area contributed by atoms with Gasteiger partial charge in [-0.15, -0.1) is 0 Å². The van der Waals surface area contributed by atoms with Crippen LogP contribution in [0.3, 0.4) is 0 Å². The Morgan fingerprint density at radius 2 is 2.12 bits per heavy atom. The Labute approximate surface area is 97.8 Å². The first-order chi connectivity index (χ1) is 7.49.